The Balaban J connectivity index is 1.42. The summed E-state index contributed by atoms with van der Waals surface area (Å²) in [6.45, 7) is 2.54. The number of fused-ring (bicyclic) bond motifs is 1. The SMILES string of the molecule is CCOc1ccc(-c2nc3sc(=Cc4cn(-c5ccccc5)nc4-c4ccc(OC)cc4)c(=O)n3n2)cc1. The van der Waals surface area contributed by atoms with Gasteiger partial charge in [-0.3, -0.25) is 4.79 Å². The molecule has 0 amide bonds. The molecule has 38 heavy (non-hydrogen) atoms. The fraction of sp³-hybridized carbons (Fsp3) is 0.103. The van der Waals surface area contributed by atoms with E-state index >= 15 is 0 Å². The van der Waals surface area contributed by atoms with Crippen molar-refractivity contribution in [3.63, 3.8) is 0 Å². The number of methoxy groups -OCH3 is 1. The molecule has 188 valence electrons. The smallest absolute Gasteiger partial charge is 0.291 e. The lowest BCUT2D eigenvalue weighted by molar-refractivity contribution is 0.340. The van der Waals surface area contributed by atoms with Crippen molar-refractivity contribution < 1.29 is 9.47 Å². The average Bonchev–Trinajstić information content (AvgIpc) is 3.65. The maximum atomic E-state index is 13.3. The van der Waals surface area contributed by atoms with Crippen molar-refractivity contribution in [2.75, 3.05) is 13.7 Å². The molecule has 0 N–H and O–H groups in total. The van der Waals surface area contributed by atoms with Gasteiger partial charge >= 0.3 is 0 Å². The summed E-state index contributed by atoms with van der Waals surface area (Å²) in [5.41, 5.74) is 4.00. The molecule has 6 aromatic rings. The lowest BCUT2D eigenvalue weighted by Crippen LogP contribution is -2.23. The highest BCUT2D eigenvalue weighted by Gasteiger charge is 2.15. The zero-order valence-corrected chi connectivity index (χ0v) is 21.6. The van der Waals surface area contributed by atoms with Gasteiger partial charge in [0.1, 0.15) is 17.2 Å². The molecule has 0 aliphatic carbocycles. The van der Waals surface area contributed by atoms with Gasteiger partial charge in [0.15, 0.2) is 5.82 Å². The van der Waals surface area contributed by atoms with Gasteiger partial charge in [0.05, 0.1) is 23.9 Å². The number of benzene rings is 3. The minimum atomic E-state index is -0.220. The number of rotatable bonds is 7. The predicted octanol–water partition coefficient (Wildman–Crippen LogP) is 4.63. The first-order chi connectivity index (χ1) is 18.6. The summed E-state index contributed by atoms with van der Waals surface area (Å²) < 4.78 is 14.5. The van der Waals surface area contributed by atoms with Crippen LogP contribution >= 0.6 is 11.3 Å². The maximum absolute atomic E-state index is 13.3. The Labute approximate surface area is 222 Å². The van der Waals surface area contributed by atoms with Gasteiger partial charge in [0, 0.05) is 22.9 Å². The van der Waals surface area contributed by atoms with Gasteiger partial charge in [-0.25, -0.2) is 4.68 Å². The van der Waals surface area contributed by atoms with E-state index in [4.69, 9.17) is 14.6 Å². The van der Waals surface area contributed by atoms with Gasteiger partial charge in [-0.2, -0.15) is 14.6 Å². The van der Waals surface area contributed by atoms with Crippen LogP contribution in [0.3, 0.4) is 0 Å². The minimum absolute atomic E-state index is 0.220. The Kier molecular flexibility index (Phi) is 6.19. The summed E-state index contributed by atoms with van der Waals surface area (Å²) in [7, 11) is 1.64. The first-order valence-corrected chi connectivity index (χ1v) is 12.9. The number of hydrogen-bond donors (Lipinski definition) is 0. The number of ether oxygens (including phenoxy) is 2. The van der Waals surface area contributed by atoms with Gasteiger partial charge in [0.25, 0.3) is 5.56 Å². The van der Waals surface area contributed by atoms with Crippen molar-refractivity contribution in [3.05, 3.63) is 106 Å². The molecule has 3 heterocycles. The number of nitrogens with zero attached hydrogens (tertiary/aromatic N) is 5. The molecule has 0 unspecified atom stereocenters. The van der Waals surface area contributed by atoms with E-state index in [-0.39, 0.29) is 5.56 Å². The molecule has 3 aromatic carbocycles. The van der Waals surface area contributed by atoms with E-state index in [9.17, 15) is 4.79 Å². The van der Waals surface area contributed by atoms with Crippen molar-refractivity contribution in [2.24, 2.45) is 0 Å². The quantitative estimate of drug-likeness (QED) is 0.305. The van der Waals surface area contributed by atoms with Crippen molar-refractivity contribution >= 4 is 22.4 Å². The topological polar surface area (TPSA) is 83.5 Å². The molecule has 8 nitrogen and oxygen atoms in total. The van der Waals surface area contributed by atoms with E-state index in [0.29, 0.717) is 21.9 Å². The van der Waals surface area contributed by atoms with E-state index in [0.717, 1.165) is 39.6 Å². The van der Waals surface area contributed by atoms with Crippen LogP contribution in [0, 0.1) is 0 Å². The van der Waals surface area contributed by atoms with Crippen molar-refractivity contribution in [1.29, 1.82) is 0 Å². The van der Waals surface area contributed by atoms with Crippen LogP contribution < -0.4 is 19.6 Å². The van der Waals surface area contributed by atoms with Crippen LogP contribution in [0.5, 0.6) is 11.5 Å². The Morgan fingerprint density at radius 3 is 2.29 bits per heavy atom. The zero-order chi connectivity index (χ0) is 26.1. The summed E-state index contributed by atoms with van der Waals surface area (Å²) in [6.07, 6.45) is 3.78. The van der Waals surface area contributed by atoms with Crippen molar-refractivity contribution in [3.8, 4) is 39.8 Å². The van der Waals surface area contributed by atoms with Crippen LogP contribution in [-0.2, 0) is 0 Å². The van der Waals surface area contributed by atoms with Crippen molar-refractivity contribution in [1.82, 2.24) is 24.4 Å². The molecule has 0 spiro atoms. The lowest BCUT2D eigenvalue weighted by atomic mass is 10.1. The van der Waals surface area contributed by atoms with Crippen LogP contribution in [-0.4, -0.2) is 38.1 Å². The van der Waals surface area contributed by atoms with Gasteiger partial charge in [0.2, 0.25) is 4.96 Å². The fourth-order valence-corrected chi connectivity index (χ4v) is 5.04. The van der Waals surface area contributed by atoms with E-state index in [1.807, 2.05) is 103 Å². The Bertz CT molecular complexity index is 1820. The highest BCUT2D eigenvalue weighted by atomic mass is 32.1. The van der Waals surface area contributed by atoms with E-state index in [2.05, 4.69) is 10.1 Å². The summed E-state index contributed by atoms with van der Waals surface area (Å²) >= 11 is 1.30. The fourth-order valence-electron chi connectivity index (χ4n) is 4.14. The Hall–Kier alpha value is -4.76. The van der Waals surface area contributed by atoms with Gasteiger partial charge in [-0.1, -0.05) is 29.5 Å². The summed E-state index contributed by atoms with van der Waals surface area (Å²) in [5.74, 6) is 2.04. The zero-order valence-electron chi connectivity index (χ0n) is 20.7. The standard InChI is InChI=1S/C29H23N5O3S/c1-3-37-24-15-11-20(12-16-24)27-30-29-34(32-27)28(35)25(38-29)17-21-18-33(22-7-5-4-6-8-22)31-26(21)19-9-13-23(36-2)14-10-19/h4-18H,3H2,1-2H3. The second-order valence-corrected chi connectivity index (χ2v) is 9.45. The van der Waals surface area contributed by atoms with Crippen LogP contribution in [0.1, 0.15) is 12.5 Å². The largest absolute Gasteiger partial charge is 0.497 e. The Morgan fingerprint density at radius 1 is 0.895 bits per heavy atom. The number of hydrogen-bond acceptors (Lipinski definition) is 7. The average molecular weight is 522 g/mol. The number of aromatic nitrogens is 5. The van der Waals surface area contributed by atoms with Crippen LogP contribution in [0.4, 0.5) is 0 Å². The number of thiazole rings is 1. The minimum Gasteiger partial charge on any atom is -0.497 e. The first-order valence-electron chi connectivity index (χ1n) is 12.1. The molecule has 3 aromatic heterocycles. The van der Waals surface area contributed by atoms with Gasteiger partial charge < -0.3 is 9.47 Å². The molecule has 0 bridgehead atoms. The predicted molar refractivity (Wildman–Crippen MR) is 148 cm³/mol. The number of para-hydroxylation sites is 1. The highest BCUT2D eigenvalue weighted by Crippen LogP contribution is 2.27. The van der Waals surface area contributed by atoms with Gasteiger partial charge in [-0.15, -0.1) is 5.10 Å². The van der Waals surface area contributed by atoms with E-state index in [1.165, 1.54) is 15.9 Å². The molecular weight excluding hydrogens is 498 g/mol. The molecule has 0 atom stereocenters. The second kappa shape index (κ2) is 9.95. The molecule has 0 saturated heterocycles. The molecule has 0 saturated carbocycles. The first kappa shape index (κ1) is 23.6. The molecule has 0 aliphatic heterocycles. The molecule has 6 rings (SSSR count). The highest BCUT2D eigenvalue weighted by molar-refractivity contribution is 7.15. The third-order valence-corrected chi connectivity index (χ3v) is 6.98. The molecule has 0 fully saturated rings. The van der Waals surface area contributed by atoms with Crippen LogP contribution in [0.15, 0.2) is 89.9 Å². The molecule has 0 radical (unpaired) electrons. The van der Waals surface area contributed by atoms with Crippen LogP contribution in [0.2, 0.25) is 0 Å². The molecule has 9 heteroatoms. The van der Waals surface area contributed by atoms with E-state index < -0.39 is 0 Å². The van der Waals surface area contributed by atoms with Gasteiger partial charge in [-0.05, 0) is 73.7 Å². The third-order valence-electron chi connectivity index (χ3n) is 6.02. The van der Waals surface area contributed by atoms with Crippen LogP contribution in [0.25, 0.3) is 39.4 Å². The molecular formula is C29H23N5O3S. The van der Waals surface area contributed by atoms with E-state index in [1.54, 1.807) is 7.11 Å². The lowest BCUT2D eigenvalue weighted by Gasteiger charge is -2.02. The summed E-state index contributed by atoms with van der Waals surface area (Å²) in [4.78, 5) is 18.4. The normalized spacial score (nSPS) is 11.8. The Morgan fingerprint density at radius 2 is 1.61 bits per heavy atom. The monoisotopic (exact) mass is 521 g/mol. The third kappa shape index (κ3) is 4.44. The second-order valence-electron chi connectivity index (χ2n) is 8.44. The molecule has 0 aliphatic rings. The summed E-state index contributed by atoms with van der Waals surface area (Å²) in [6, 6.07) is 25.1. The summed E-state index contributed by atoms with van der Waals surface area (Å²) in [5, 5.41) is 9.33. The van der Waals surface area contributed by atoms with Crippen molar-refractivity contribution in [2.45, 2.75) is 6.92 Å². The maximum Gasteiger partial charge on any atom is 0.291 e.